The minimum Gasteiger partial charge on any atom is -0.507 e. The second-order valence-corrected chi connectivity index (χ2v) is 39.4. The number of benzene rings is 8. The maximum atomic E-state index is 12.8. The fourth-order valence-electron chi connectivity index (χ4n) is 13.6. The van der Waals surface area contributed by atoms with E-state index in [1.54, 1.807) is 6.33 Å². The van der Waals surface area contributed by atoms with E-state index in [0.29, 0.717) is 22.8 Å². The Kier molecular flexibility index (Phi) is 21.4. The number of aromatic hydroxyl groups is 2. The summed E-state index contributed by atoms with van der Waals surface area (Å²) in [6, 6.07) is 54.6. The van der Waals surface area contributed by atoms with Crippen LogP contribution in [-0.4, -0.2) is 39.3 Å². The van der Waals surface area contributed by atoms with Crippen molar-refractivity contribution in [1.82, 2.24) is 29.1 Å². The average molecular weight is 1750 g/mol. The minimum absolute atomic E-state index is 0. The first-order chi connectivity index (χ1) is 46.7. The van der Waals surface area contributed by atoms with E-state index in [1.807, 2.05) is 0 Å². The molecule has 0 fully saturated rings. The van der Waals surface area contributed by atoms with Gasteiger partial charge in [0.25, 0.3) is 0 Å². The zero-order valence-corrected chi connectivity index (χ0v) is 72.5. The largest absolute Gasteiger partial charge is 0.507 e. The zero-order valence-electron chi connectivity index (χ0n) is 67.9. The summed E-state index contributed by atoms with van der Waals surface area (Å²) in [6.45, 7) is 67.3. The molecule has 0 unspecified atom stereocenters. The van der Waals surface area contributed by atoms with Crippen LogP contribution in [-0.2, 0) is 96.3 Å². The molecule has 11 rings (SSSR count). The van der Waals surface area contributed by atoms with Crippen LogP contribution in [0.25, 0.3) is 101 Å². The molecule has 554 valence electrons. The summed E-state index contributed by atoms with van der Waals surface area (Å²) in [5.41, 5.74) is 22.2. The molecule has 0 amide bonds. The number of hydrogen-bond donors (Lipinski definition) is 2. The van der Waals surface area contributed by atoms with Gasteiger partial charge in [0.1, 0.15) is 23.1 Å². The van der Waals surface area contributed by atoms with Crippen LogP contribution in [0.2, 0.25) is 0 Å². The number of para-hydroxylation sites is 2. The smallest absolute Gasteiger partial charge is 0.148 e. The van der Waals surface area contributed by atoms with Gasteiger partial charge in [-0.2, -0.15) is 0 Å². The first kappa shape index (κ1) is 80.8. The molecule has 2 N–H and O–H groups in total. The average Bonchev–Trinajstić information content (AvgIpc) is 1.55. The third kappa shape index (κ3) is 16.2. The minimum atomic E-state index is -0.367. The van der Waals surface area contributed by atoms with Crippen LogP contribution in [0.3, 0.4) is 0 Å². The Morgan fingerprint density at radius 2 is 0.558 bits per heavy atom. The van der Waals surface area contributed by atoms with Gasteiger partial charge in [-0.05, 0) is 136 Å². The van der Waals surface area contributed by atoms with Gasteiger partial charge >= 0.3 is 0 Å². The monoisotopic (exact) mass is 1750 g/mol. The number of phenols is 2. The molecule has 0 aliphatic rings. The molecule has 8 aromatic carbocycles. The molecule has 0 saturated heterocycles. The second kappa shape index (κ2) is 27.5. The van der Waals surface area contributed by atoms with Gasteiger partial charge in [0.05, 0.1) is 39.5 Å². The molecule has 0 atom stereocenters. The van der Waals surface area contributed by atoms with Crippen LogP contribution in [0, 0.1) is 12.1 Å². The van der Waals surface area contributed by atoms with Gasteiger partial charge in [-0.25, -0.2) is 9.97 Å². The number of phenolic OH excluding ortho intramolecular Hbond substituents is 2. The van der Waals surface area contributed by atoms with Crippen molar-refractivity contribution in [1.29, 1.82) is 0 Å². The van der Waals surface area contributed by atoms with Gasteiger partial charge in [-0.15, -0.1) is 58.7 Å². The van der Waals surface area contributed by atoms with Gasteiger partial charge in [-0.1, -0.05) is 285 Å². The number of imidazole rings is 2. The first-order valence-electron chi connectivity index (χ1n) is 36.8. The fraction of sp³-hybridized carbons (Fsp3) is 0.426. The van der Waals surface area contributed by atoms with E-state index < -0.39 is 0 Å². The summed E-state index contributed by atoms with van der Waals surface area (Å²) in [6.07, 6.45) is 1.67. The van der Waals surface area contributed by atoms with Crippen molar-refractivity contribution in [3.8, 4) is 90.4 Å². The number of aromatic nitrogens is 6. The van der Waals surface area contributed by atoms with Crippen LogP contribution in [0.15, 0.2) is 134 Å². The summed E-state index contributed by atoms with van der Waals surface area (Å²) in [4.78, 5) is 21.7. The molecule has 0 spiro atoms. The molecule has 8 nitrogen and oxygen atoms in total. The van der Waals surface area contributed by atoms with Gasteiger partial charge in [-0.3, -0.25) is 19.1 Å². The topological polar surface area (TPSA) is 102 Å². The van der Waals surface area contributed by atoms with Crippen LogP contribution in [0.5, 0.6) is 11.5 Å². The van der Waals surface area contributed by atoms with Crippen molar-refractivity contribution in [2.45, 2.75) is 262 Å². The molecule has 0 aliphatic heterocycles. The van der Waals surface area contributed by atoms with Crippen molar-refractivity contribution >= 4 is 22.1 Å². The Labute approximate surface area is 652 Å². The Morgan fingerprint density at radius 3 is 0.837 bits per heavy atom. The standard InChI is InChI=1S/C94H114N6O2.2Pt/c1-85(2,3)59-39-55(69-33-31-35-77-79(69)97-83(71-49-65(91(19,20)21)51-73(81(71)101)93(25,26)27)99(77)67-45-61(87(7,8)9)43-62(46-67)88(10,11)12)37-57(41-59)75-53-76(96-54-95-75)58-38-56(40-60(42-58)86(4,5)6)70-34-32-36-78-80(70)98-84(72-50-66(92(22,23)24)52-74(82(72)102)94(28,29)30)100(78)68-47-63(89(13,14)15)44-64(48-68)90(16,17)18;;/h31-36,39-54,101-102H,1-30H3;;/q-2;;. The Morgan fingerprint density at radius 1 is 0.288 bits per heavy atom. The maximum Gasteiger partial charge on any atom is 0.148 e. The number of hydrogen-bond acceptors (Lipinski definition) is 6. The van der Waals surface area contributed by atoms with Crippen molar-refractivity contribution < 1.29 is 52.3 Å². The Balaban J connectivity index is 0.00000627. The third-order valence-electron chi connectivity index (χ3n) is 20.5. The molecule has 0 radical (unpaired) electrons. The molecule has 3 heterocycles. The van der Waals surface area contributed by atoms with E-state index in [9.17, 15) is 10.2 Å². The molecular formula is C94H114N6O2Pt2-2. The molecule has 104 heavy (non-hydrogen) atoms. The predicted molar refractivity (Wildman–Crippen MR) is 432 cm³/mol. The van der Waals surface area contributed by atoms with E-state index in [1.165, 1.54) is 22.3 Å². The van der Waals surface area contributed by atoms with Crippen molar-refractivity contribution in [3.05, 3.63) is 201 Å². The van der Waals surface area contributed by atoms with Gasteiger partial charge in [0.2, 0.25) is 0 Å². The molecule has 3 aromatic heterocycles. The molecule has 10 heteroatoms. The van der Waals surface area contributed by atoms with E-state index in [-0.39, 0.29) is 108 Å². The summed E-state index contributed by atoms with van der Waals surface area (Å²) in [5, 5.41) is 25.6. The van der Waals surface area contributed by atoms with Gasteiger partial charge in [0, 0.05) is 76.0 Å². The summed E-state index contributed by atoms with van der Waals surface area (Å²) in [5.74, 6) is 1.81. The summed E-state index contributed by atoms with van der Waals surface area (Å²) >= 11 is 0. The predicted octanol–water partition coefficient (Wildman–Crippen LogP) is 25.1. The van der Waals surface area contributed by atoms with Gasteiger partial charge in [0.15, 0.2) is 0 Å². The SMILES string of the molecule is CC(C)(C)c1cc(-c2cc(-c3[c-]c(-c4cccc5c4nc(-c4cc(C(C)(C)C)cc(C(C)(C)C)c4O)n5-c4cc(C(C)(C)C)cc(C(C)(C)C)c4)cc(C(C)(C)C)c3)ncn2)[c-]c(-c2cccc3c2nc(-c2cc(C(C)(C)C)cc(C(C)(C)C)c2O)n3-c2cc(C(C)(C)C)cc(C(C)(C)C)c2)c1.[Pt].[Pt]. The maximum absolute atomic E-state index is 12.8. The summed E-state index contributed by atoms with van der Waals surface area (Å²) < 4.78 is 4.58. The number of fused-ring (bicyclic) bond motifs is 2. The first-order valence-corrected chi connectivity index (χ1v) is 36.8. The molecule has 0 bridgehead atoms. The number of rotatable bonds is 8. The zero-order chi connectivity index (χ0) is 75.3. The van der Waals surface area contributed by atoms with Crippen LogP contribution in [0.4, 0.5) is 0 Å². The van der Waals surface area contributed by atoms with E-state index in [0.717, 1.165) is 112 Å². The Hall–Kier alpha value is -7.24. The Bertz CT molecular complexity index is 4720. The van der Waals surface area contributed by atoms with Crippen molar-refractivity contribution in [2.24, 2.45) is 0 Å². The van der Waals surface area contributed by atoms with E-state index in [2.05, 4.69) is 356 Å². The van der Waals surface area contributed by atoms with Crippen molar-refractivity contribution in [2.75, 3.05) is 0 Å². The molecule has 0 aliphatic carbocycles. The molecule has 11 aromatic rings. The van der Waals surface area contributed by atoms with Crippen molar-refractivity contribution in [3.63, 3.8) is 0 Å². The molecular weight excluding hydrogens is 1640 g/mol. The second-order valence-electron chi connectivity index (χ2n) is 39.4. The van der Waals surface area contributed by atoms with Gasteiger partial charge < -0.3 is 10.2 Å². The van der Waals surface area contributed by atoms with Crippen LogP contribution >= 0.6 is 0 Å². The molecule has 0 saturated carbocycles. The summed E-state index contributed by atoms with van der Waals surface area (Å²) in [7, 11) is 0. The third-order valence-corrected chi connectivity index (χ3v) is 20.5. The fourth-order valence-corrected chi connectivity index (χ4v) is 13.6. The van der Waals surface area contributed by atoms with Crippen LogP contribution in [0.1, 0.15) is 263 Å². The normalized spacial score (nSPS) is 13.2. The van der Waals surface area contributed by atoms with E-state index >= 15 is 0 Å². The van der Waals surface area contributed by atoms with Crippen LogP contribution < -0.4 is 0 Å². The van der Waals surface area contributed by atoms with E-state index in [4.69, 9.17) is 19.9 Å². The number of nitrogens with zero attached hydrogens (tertiary/aromatic N) is 6. The quantitative estimate of drug-likeness (QED) is 0.147.